The molecule has 0 saturated heterocycles. The predicted molar refractivity (Wildman–Crippen MR) is 80.6 cm³/mol. The van der Waals surface area contributed by atoms with Gasteiger partial charge in [-0.1, -0.05) is 18.5 Å². The fourth-order valence-corrected chi connectivity index (χ4v) is 1.89. The van der Waals surface area contributed by atoms with Crippen LogP contribution in [0.25, 0.3) is 0 Å². The number of halogens is 1. The molecule has 4 nitrogen and oxygen atoms in total. The summed E-state index contributed by atoms with van der Waals surface area (Å²) in [7, 11) is 2.05. The van der Waals surface area contributed by atoms with Crippen LogP contribution in [0.5, 0.6) is 0 Å². The molecule has 0 heterocycles. The van der Waals surface area contributed by atoms with Gasteiger partial charge in [0.1, 0.15) is 0 Å². The number of amides is 1. The maximum Gasteiger partial charge on any atom is 0.252 e. The Morgan fingerprint density at radius 3 is 2.84 bits per heavy atom. The summed E-state index contributed by atoms with van der Waals surface area (Å²) in [5.74, 6) is -0.185. The minimum Gasteiger partial charge on any atom is -0.399 e. The summed E-state index contributed by atoms with van der Waals surface area (Å²) in [6.45, 7) is 5.70. The van der Waals surface area contributed by atoms with E-state index >= 15 is 0 Å². The Kier molecular flexibility index (Phi) is 6.12. The van der Waals surface area contributed by atoms with Crippen molar-refractivity contribution in [1.29, 1.82) is 0 Å². The highest BCUT2D eigenvalue weighted by molar-refractivity contribution is 6.34. The summed E-state index contributed by atoms with van der Waals surface area (Å²) in [5, 5.41) is 3.27. The van der Waals surface area contributed by atoms with Crippen LogP contribution in [0, 0.1) is 0 Å². The molecule has 0 saturated carbocycles. The second-order valence-corrected chi connectivity index (χ2v) is 5.14. The summed E-state index contributed by atoms with van der Waals surface area (Å²) in [4.78, 5) is 14.2. The first-order valence-electron chi connectivity index (χ1n) is 6.49. The molecule has 0 aliphatic rings. The van der Waals surface area contributed by atoms with E-state index < -0.39 is 0 Å². The third kappa shape index (κ3) is 4.73. The number of hydrogen-bond acceptors (Lipinski definition) is 3. The highest BCUT2D eigenvalue weighted by atomic mass is 35.5. The molecule has 106 valence electrons. The molecule has 19 heavy (non-hydrogen) atoms. The molecule has 0 radical (unpaired) electrons. The first-order chi connectivity index (χ1) is 8.95. The van der Waals surface area contributed by atoms with Crippen molar-refractivity contribution in [2.75, 3.05) is 25.9 Å². The van der Waals surface area contributed by atoms with Gasteiger partial charge in [-0.3, -0.25) is 4.79 Å². The fourth-order valence-electron chi connectivity index (χ4n) is 1.69. The van der Waals surface area contributed by atoms with Crippen LogP contribution in [0.3, 0.4) is 0 Å². The molecule has 0 spiro atoms. The Morgan fingerprint density at radius 1 is 1.53 bits per heavy atom. The Morgan fingerprint density at radius 2 is 2.21 bits per heavy atom. The maximum atomic E-state index is 12.0. The third-order valence-corrected chi connectivity index (χ3v) is 3.66. The Labute approximate surface area is 119 Å². The van der Waals surface area contributed by atoms with Crippen LogP contribution in [0.15, 0.2) is 18.2 Å². The van der Waals surface area contributed by atoms with E-state index in [9.17, 15) is 4.79 Å². The van der Waals surface area contributed by atoms with Crippen molar-refractivity contribution < 1.29 is 4.79 Å². The second-order valence-electron chi connectivity index (χ2n) is 4.73. The Balaban J connectivity index is 2.50. The van der Waals surface area contributed by atoms with E-state index in [1.165, 1.54) is 0 Å². The van der Waals surface area contributed by atoms with Crippen molar-refractivity contribution >= 4 is 23.2 Å². The number of likely N-dealkylation sites (N-methyl/N-ethyl adjacent to an activating group) is 1. The molecule has 0 aliphatic carbocycles. The molecule has 5 heteroatoms. The second kappa shape index (κ2) is 7.36. The van der Waals surface area contributed by atoms with E-state index in [-0.39, 0.29) is 5.91 Å². The van der Waals surface area contributed by atoms with E-state index in [4.69, 9.17) is 17.3 Å². The normalized spacial score (nSPS) is 12.5. The van der Waals surface area contributed by atoms with Gasteiger partial charge in [0.15, 0.2) is 0 Å². The van der Waals surface area contributed by atoms with Crippen molar-refractivity contribution in [1.82, 2.24) is 10.2 Å². The molecule has 1 aromatic carbocycles. The summed E-state index contributed by atoms with van der Waals surface area (Å²) >= 11 is 5.98. The van der Waals surface area contributed by atoms with Gasteiger partial charge >= 0.3 is 0 Å². The Hall–Kier alpha value is -1.26. The zero-order chi connectivity index (χ0) is 14.4. The van der Waals surface area contributed by atoms with Crippen LogP contribution in [-0.2, 0) is 0 Å². The molecule has 1 atom stereocenters. The largest absolute Gasteiger partial charge is 0.399 e. The zero-order valence-corrected chi connectivity index (χ0v) is 12.5. The molecule has 0 fully saturated rings. The van der Waals surface area contributed by atoms with Gasteiger partial charge in [-0.2, -0.15) is 0 Å². The summed E-state index contributed by atoms with van der Waals surface area (Å²) in [6.07, 6.45) is 1.09. The van der Waals surface area contributed by atoms with Gasteiger partial charge in [0.2, 0.25) is 0 Å². The number of carbonyl (C=O) groups is 1. The van der Waals surface area contributed by atoms with Crippen molar-refractivity contribution in [2.24, 2.45) is 0 Å². The van der Waals surface area contributed by atoms with Gasteiger partial charge in [-0.05, 0) is 38.6 Å². The molecule has 1 unspecified atom stereocenters. The van der Waals surface area contributed by atoms with E-state index in [0.29, 0.717) is 28.9 Å². The quantitative estimate of drug-likeness (QED) is 0.788. The number of nitrogens with one attached hydrogen (secondary N) is 1. The number of benzene rings is 1. The number of rotatable bonds is 6. The van der Waals surface area contributed by atoms with E-state index in [0.717, 1.165) is 13.0 Å². The number of nitrogen functional groups attached to an aromatic ring is 1. The molecule has 3 N–H and O–H groups in total. The third-order valence-electron chi connectivity index (χ3n) is 3.33. The smallest absolute Gasteiger partial charge is 0.252 e. The van der Waals surface area contributed by atoms with Crippen molar-refractivity contribution in [2.45, 2.75) is 26.3 Å². The van der Waals surface area contributed by atoms with Crippen LogP contribution < -0.4 is 11.1 Å². The zero-order valence-electron chi connectivity index (χ0n) is 11.7. The topological polar surface area (TPSA) is 58.4 Å². The minimum atomic E-state index is -0.185. The van der Waals surface area contributed by atoms with Crippen molar-refractivity contribution in [3.05, 3.63) is 28.8 Å². The number of hydrogen-bond donors (Lipinski definition) is 2. The van der Waals surface area contributed by atoms with E-state index in [1.54, 1.807) is 18.2 Å². The first-order valence-corrected chi connectivity index (χ1v) is 6.87. The Bertz CT molecular complexity index is 437. The van der Waals surface area contributed by atoms with Crippen molar-refractivity contribution in [3.63, 3.8) is 0 Å². The number of anilines is 1. The molecule has 0 bridgehead atoms. The average molecular weight is 284 g/mol. The van der Waals surface area contributed by atoms with Gasteiger partial charge in [0.25, 0.3) is 5.91 Å². The number of carbonyl (C=O) groups excluding carboxylic acids is 1. The van der Waals surface area contributed by atoms with Crippen LogP contribution in [-0.4, -0.2) is 37.0 Å². The molecular formula is C14H22ClN3O. The monoisotopic (exact) mass is 283 g/mol. The summed E-state index contributed by atoms with van der Waals surface area (Å²) in [6, 6.07) is 5.41. The lowest BCUT2D eigenvalue weighted by Gasteiger charge is -2.23. The van der Waals surface area contributed by atoms with Gasteiger partial charge < -0.3 is 16.0 Å². The molecule has 0 aromatic heterocycles. The maximum absolute atomic E-state index is 12.0. The predicted octanol–water partition coefficient (Wildman–Crippen LogP) is 2.38. The molecule has 1 rings (SSSR count). The van der Waals surface area contributed by atoms with Crippen molar-refractivity contribution in [3.8, 4) is 0 Å². The van der Waals surface area contributed by atoms with Crippen LogP contribution in [0.1, 0.15) is 30.6 Å². The highest BCUT2D eigenvalue weighted by Crippen LogP contribution is 2.18. The lowest BCUT2D eigenvalue weighted by molar-refractivity contribution is 0.0947. The fraction of sp³-hybridized carbons (Fsp3) is 0.500. The highest BCUT2D eigenvalue weighted by Gasteiger charge is 2.11. The van der Waals surface area contributed by atoms with Gasteiger partial charge in [-0.15, -0.1) is 0 Å². The lowest BCUT2D eigenvalue weighted by atomic mass is 10.2. The molecule has 0 aliphatic heterocycles. The lowest BCUT2D eigenvalue weighted by Crippen LogP contribution is -2.37. The van der Waals surface area contributed by atoms with Gasteiger partial charge in [0.05, 0.1) is 10.6 Å². The van der Waals surface area contributed by atoms with Gasteiger partial charge in [-0.25, -0.2) is 0 Å². The minimum absolute atomic E-state index is 0.185. The SMILES string of the molecule is CCC(C)N(C)CCNC(=O)c1cc(N)ccc1Cl. The summed E-state index contributed by atoms with van der Waals surface area (Å²) in [5.41, 5.74) is 6.61. The molecule has 1 amide bonds. The van der Waals surface area contributed by atoms with Gasteiger partial charge in [0, 0.05) is 24.8 Å². The standard InChI is InChI=1S/C14H22ClN3O/c1-4-10(2)18(3)8-7-17-14(19)12-9-11(16)5-6-13(12)15/h5-6,9-10H,4,7-8,16H2,1-3H3,(H,17,19). The number of nitrogens with zero attached hydrogens (tertiary/aromatic N) is 1. The summed E-state index contributed by atoms with van der Waals surface area (Å²) < 4.78 is 0. The van der Waals surface area contributed by atoms with Crippen LogP contribution in [0.4, 0.5) is 5.69 Å². The van der Waals surface area contributed by atoms with Crippen LogP contribution >= 0.6 is 11.6 Å². The van der Waals surface area contributed by atoms with E-state index in [2.05, 4.69) is 24.1 Å². The average Bonchev–Trinajstić information content (AvgIpc) is 2.40. The van der Waals surface area contributed by atoms with Crippen LogP contribution in [0.2, 0.25) is 5.02 Å². The number of nitrogens with two attached hydrogens (primary N) is 1. The molecular weight excluding hydrogens is 262 g/mol. The molecule has 1 aromatic rings. The van der Waals surface area contributed by atoms with E-state index in [1.807, 2.05) is 7.05 Å². The first kappa shape index (κ1) is 15.8.